The highest BCUT2D eigenvalue weighted by Gasteiger charge is 2.16. The van der Waals surface area contributed by atoms with Gasteiger partial charge in [0.2, 0.25) is 6.79 Å². The minimum atomic E-state index is -0.212. The van der Waals surface area contributed by atoms with Crippen LogP contribution in [0.2, 0.25) is 0 Å². The van der Waals surface area contributed by atoms with Gasteiger partial charge in [-0.1, -0.05) is 30.3 Å². The zero-order valence-electron chi connectivity index (χ0n) is 16.3. The van der Waals surface area contributed by atoms with E-state index in [-0.39, 0.29) is 12.8 Å². The SMILES string of the molecule is N#Cc1cc2cc3c(cc2nc1NCCCNC(=O)NCc1ccccc1)OCO3. The van der Waals surface area contributed by atoms with Crippen LogP contribution in [-0.2, 0) is 6.54 Å². The fraction of sp³-hybridized carbons (Fsp3) is 0.227. The van der Waals surface area contributed by atoms with E-state index in [9.17, 15) is 10.1 Å². The van der Waals surface area contributed by atoms with Gasteiger partial charge in [0.15, 0.2) is 11.5 Å². The molecule has 30 heavy (non-hydrogen) atoms. The summed E-state index contributed by atoms with van der Waals surface area (Å²) in [4.78, 5) is 16.4. The highest BCUT2D eigenvalue weighted by Crippen LogP contribution is 2.36. The molecule has 0 unspecified atom stereocenters. The van der Waals surface area contributed by atoms with Crippen LogP contribution >= 0.6 is 0 Å². The summed E-state index contributed by atoms with van der Waals surface area (Å²) in [5.41, 5.74) is 2.22. The molecule has 0 fully saturated rings. The zero-order valence-corrected chi connectivity index (χ0v) is 16.3. The topological polar surface area (TPSA) is 108 Å². The van der Waals surface area contributed by atoms with E-state index in [0.29, 0.717) is 48.9 Å². The Morgan fingerprint density at radius 3 is 2.67 bits per heavy atom. The number of carbonyl (C=O) groups is 1. The van der Waals surface area contributed by atoms with Gasteiger partial charge in [-0.05, 0) is 24.1 Å². The molecular formula is C22H21N5O3. The third-order valence-electron chi connectivity index (χ3n) is 4.66. The Balaban J connectivity index is 1.27. The molecule has 3 aromatic rings. The third-order valence-corrected chi connectivity index (χ3v) is 4.66. The molecule has 0 spiro atoms. The molecule has 0 saturated carbocycles. The van der Waals surface area contributed by atoms with E-state index in [1.54, 1.807) is 6.07 Å². The average molecular weight is 403 g/mol. The van der Waals surface area contributed by atoms with Crippen LogP contribution in [0, 0.1) is 11.3 Å². The molecule has 0 saturated heterocycles. The predicted molar refractivity (Wildman–Crippen MR) is 112 cm³/mol. The second-order valence-corrected chi connectivity index (χ2v) is 6.77. The summed E-state index contributed by atoms with van der Waals surface area (Å²) in [6.07, 6.45) is 0.685. The number of pyridine rings is 1. The number of rotatable bonds is 7. The number of urea groups is 1. The minimum Gasteiger partial charge on any atom is -0.454 e. The van der Waals surface area contributed by atoms with E-state index < -0.39 is 0 Å². The van der Waals surface area contributed by atoms with E-state index in [4.69, 9.17) is 9.47 Å². The van der Waals surface area contributed by atoms with Gasteiger partial charge >= 0.3 is 6.03 Å². The van der Waals surface area contributed by atoms with Gasteiger partial charge in [-0.3, -0.25) is 0 Å². The Bertz CT molecular complexity index is 1100. The Morgan fingerprint density at radius 2 is 1.87 bits per heavy atom. The van der Waals surface area contributed by atoms with E-state index >= 15 is 0 Å². The van der Waals surface area contributed by atoms with Crippen LogP contribution in [0.3, 0.4) is 0 Å². The number of nitrogens with zero attached hydrogens (tertiary/aromatic N) is 2. The molecule has 0 bridgehead atoms. The molecule has 0 radical (unpaired) electrons. The van der Waals surface area contributed by atoms with Gasteiger partial charge < -0.3 is 25.4 Å². The monoisotopic (exact) mass is 403 g/mol. The molecule has 3 N–H and O–H groups in total. The lowest BCUT2D eigenvalue weighted by Gasteiger charge is -2.10. The summed E-state index contributed by atoms with van der Waals surface area (Å²) in [6, 6.07) is 17.1. The first-order valence-electron chi connectivity index (χ1n) is 9.67. The quantitative estimate of drug-likeness (QED) is 0.523. The van der Waals surface area contributed by atoms with Gasteiger partial charge in [0.05, 0.1) is 11.1 Å². The van der Waals surface area contributed by atoms with Crippen molar-refractivity contribution in [1.82, 2.24) is 15.6 Å². The van der Waals surface area contributed by atoms with Crippen LogP contribution in [-0.4, -0.2) is 30.9 Å². The Morgan fingerprint density at radius 1 is 1.07 bits per heavy atom. The molecule has 1 aliphatic heterocycles. The van der Waals surface area contributed by atoms with E-state index in [2.05, 4.69) is 27.0 Å². The lowest BCUT2D eigenvalue weighted by molar-refractivity contribution is 0.174. The van der Waals surface area contributed by atoms with Gasteiger partial charge in [0.1, 0.15) is 11.9 Å². The van der Waals surface area contributed by atoms with E-state index in [0.717, 1.165) is 16.5 Å². The molecule has 2 amide bonds. The van der Waals surface area contributed by atoms with Gasteiger partial charge in [-0.15, -0.1) is 0 Å². The van der Waals surface area contributed by atoms with Crippen molar-refractivity contribution in [1.29, 1.82) is 5.26 Å². The third kappa shape index (κ3) is 4.52. The summed E-state index contributed by atoms with van der Waals surface area (Å²) in [7, 11) is 0. The van der Waals surface area contributed by atoms with E-state index in [1.165, 1.54) is 0 Å². The second-order valence-electron chi connectivity index (χ2n) is 6.77. The summed E-state index contributed by atoms with van der Waals surface area (Å²) >= 11 is 0. The number of aromatic nitrogens is 1. The number of hydrogen-bond acceptors (Lipinski definition) is 6. The van der Waals surface area contributed by atoms with Gasteiger partial charge in [-0.2, -0.15) is 5.26 Å². The lowest BCUT2D eigenvalue weighted by atomic mass is 10.1. The molecule has 1 aromatic heterocycles. The summed E-state index contributed by atoms with van der Waals surface area (Å²) in [5, 5.41) is 19.1. The Hall–Kier alpha value is -3.99. The number of benzene rings is 2. The number of hydrogen-bond donors (Lipinski definition) is 3. The van der Waals surface area contributed by atoms with Crippen molar-refractivity contribution in [2.75, 3.05) is 25.2 Å². The zero-order chi connectivity index (χ0) is 20.8. The predicted octanol–water partition coefficient (Wildman–Crippen LogP) is 3.14. The second kappa shape index (κ2) is 9.01. The van der Waals surface area contributed by atoms with Crippen LogP contribution in [0.15, 0.2) is 48.5 Å². The highest BCUT2D eigenvalue weighted by molar-refractivity contribution is 5.86. The van der Waals surface area contributed by atoms with Crippen LogP contribution in [0.5, 0.6) is 11.5 Å². The number of nitrogens with one attached hydrogen (secondary N) is 3. The fourth-order valence-corrected chi connectivity index (χ4v) is 3.12. The maximum atomic E-state index is 11.9. The number of ether oxygens (including phenoxy) is 2. The summed E-state index contributed by atoms with van der Waals surface area (Å²) < 4.78 is 10.8. The molecule has 8 nitrogen and oxygen atoms in total. The molecule has 0 aliphatic carbocycles. The molecule has 8 heteroatoms. The maximum absolute atomic E-state index is 11.9. The number of amides is 2. The van der Waals surface area contributed by atoms with Crippen LogP contribution < -0.4 is 25.4 Å². The lowest BCUT2D eigenvalue weighted by Crippen LogP contribution is -2.36. The van der Waals surface area contributed by atoms with Crippen molar-refractivity contribution in [3.8, 4) is 17.6 Å². The van der Waals surface area contributed by atoms with Crippen molar-refractivity contribution in [2.45, 2.75) is 13.0 Å². The number of carbonyl (C=O) groups excluding carboxylic acids is 1. The summed E-state index contributed by atoms with van der Waals surface area (Å²) in [6.45, 7) is 1.74. The normalized spacial score (nSPS) is 11.7. The number of anilines is 1. The Labute approximate surface area is 173 Å². The molecule has 1 aliphatic rings. The van der Waals surface area contributed by atoms with Crippen molar-refractivity contribution < 1.29 is 14.3 Å². The van der Waals surface area contributed by atoms with Gasteiger partial charge in [0, 0.05) is 31.1 Å². The highest BCUT2D eigenvalue weighted by atomic mass is 16.7. The van der Waals surface area contributed by atoms with Crippen LogP contribution in [0.4, 0.5) is 10.6 Å². The van der Waals surface area contributed by atoms with Crippen molar-refractivity contribution >= 4 is 22.8 Å². The van der Waals surface area contributed by atoms with Crippen LogP contribution in [0.25, 0.3) is 10.9 Å². The molecule has 2 aromatic carbocycles. The average Bonchev–Trinajstić information content (AvgIpc) is 3.23. The molecule has 0 atom stereocenters. The van der Waals surface area contributed by atoms with Crippen molar-refractivity contribution in [3.63, 3.8) is 0 Å². The van der Waals surface area contributed by atoms with Crippen molar-refractivity contribution in [2.24, 2.45) is 0 Å². The fourth-order valence-electron chi connectivity index (χ4n) is 3.12. The number of nitriles is 1. The molecule has 2 heterocycles. The first-order valence-corrected chi connectivity index (χ1v) is 9.67. The van der Waals surface area contributed by atoms with Gasteiger partial charge in [-0.25, -0.2) is 9.78 Å². The largest absolute Gasteiger partial charge is 0.454 e. The molecule has 4 rings (SSSR count). The Kier molecular flexibility index (Phi) is 5.80. The first kappa shape index (κ1) is 19.3. The minimum absolute atomic E-state index is 0.188. The first-order chi connectivity index (χ1) is 14.7. The molecule has 152 valence electrons. The molecular weight excluding hydrogens is 382 g/mol. The summed E-state index contributed by atoms with van der Waals surface area (Å²) in [5.74, 6) is 1.82. The maximum Gasteiger partial charge on any atom is 0.315 e. The number of fused-ring (bicyclic) bond motifs is 2. The van der Waals surface area contributed by atoms with Crippen molar-refractivity contribution in [3.05, 3.63) is 59.7 Å². The smallest absolute Gasteiger partial charge is 0.315 e. The van der Waals surface area contributed by atoms with Crippen LogP contribution in [0.1, 0.15) is 17.5 Å². The van der Waals surface area contributed by atoms with E-state index in [1.807, 2.05) is 42.5 Å². The van der Waals surface area contributed by atoms with Gasteiger partial charge in [0.25, 0.3) is 0 Å². The standard InChI is InChI=1S/C22H21N5O3/c23-12-17-9-16-10-19-20(30-14-29-19)11-18(16)27-21(17)24-7-4-8-25-22(28)26-13-15-5-2-1-3-6-15/h1-3,5-6,9-11H,4,7-8,13-14H2,(H,24,27)(H2,25,26,28).